The molecule has 0 radical (unpaired) electrons. The number of carbonyl (C=O) groups excluding carboxylic acids is 3. The lowest BCUT2D eigenvalue weighted by molar-refractivity contribution is -0.124. The standard InChI is InChI=1S/C11H18.2C10H20.C9H13NO.C9H14.C8H15NO.C2H5NO.2C2H6/c1-11(2,3)10-7-8-4-5-9(10)6-8;2*1-10(2,3)9-7-5-4-6-8-9;1-5-6-2-3-7(4-6)8(5)9(10)11;1-6-7(2)9-4-3-8(6)5-9;1-6-4-2-3-5-7(6)8(9)10;1-3-2-4;2*1-2/h4-5,8-10H,6-7H2,1-3H3;2*9H,4-8H2,1-3H3;2-3,5-8H,4H2,1H3,(H2,10,11);3-4,6-9H,5H2,1-2H3;6-7H,2-5H2,1H3,(H2,9,10);2H,1H3,(H,3,4);2*1-2H3/t;;;5-,6+,7-,8-;;6-,7?;;;/m...1.1.../s1. The molecule has 9 aliphatic rings. The SMILES string of the molecule is CC.CC.CC(C)(C)C1CC2C=CC1C2.CC(C)(C)C1CCCCC1.CC(C)(C)C1CCCCC1.CC1C2C=CC(C2)C1C.CNC=O.C[C@@H]1CCCCC1C(N)=O.C[C@H]1[C@@H](C(N)=O)[C@@H]2C=C[C@H]1C2. The van der Waals surface area contributed by atoms with Gasteiger partial charge in [0.05, 0.1) is 0 Å². The van der Waals surface area contributed by atoms with Crippen LogP contribution in [-0.4, -0.2) is 25.3 Å². The Morgan fingerprint density at radius 3 is 1.07 bits per heavy atom. The minimum absolute atomic E-state index is 0.104. The van der Waals surface area contributed by atoms with Gasteiger partial charge in [0.15, 0.2) is 0 Å². The third-order valence-electron chi connectivity index (χ3n) is 18.2. The van der Waals surface area contributed by atoms with Gasteiger partial charge in [-0.1, -0.05) is 206 Å². The van der Waals surface area contributed by atoms with E-state index >= 15 is 0 Å². The van der Waals surface area contributed by atoms with E-state index in [-0.39, 0.29) is 23.7 Å². The predicted octanol–water partition coefficient (Wildman–Crippen LogP) is 16.6. The van der Waals surface area contributed by atoms with Crippen LogP contribution in [0.25, 0.3) is 0 Å². The third kappa shape index (κ3) is 21.7. The number of carbonyl (C=O) groups is 3. The molecule has 6 fully saturated rings. The molecule has 0 aliphatic heterocycles. The molecule has 0 spiro atoms. The molecule has 6 saturated carbocycles. The van der Waals surface area contributed by atoms with Crippen LogP contribution in [0, 0.1) is 105 Å². The second-order valence-corrected chi connectivity index (χ2v) is 25.7. The summed E-state index contributed by atoms with van der Waals surface area (Å²) < 4.78 is 0. The van der Waals surface area contributed by atoms with Gasteiger partial charge in [-0.2, -0.15) is 0 Å². The van der Waals surface area contributed by atoms with Crippen LogP contribution in [0.4, 0.5) is 0 Å². The maximum absolute atomic E-state index is 11.0. The number of hydrogen-bond donors (Lipinski definition) is 3. The summed E-state index contributed by atoms with van der Waals surface area (Å²) in [5.74, 6) is 10.7. The van der Waals surface area contributed by atoms with Crippen molar-refractivity contribution in [3.05, 3.63) is 36.5 Å². The number of rotatable bonds is 3. The molecule has 0 aromatic heterocycles. The van der Waals surface area contributed by atoms with Crippen molar-refractivity contribution < 1.29 is 14.4 Å². The van der Waals surface area contributed by atoms with E-state index in [1.54, 1.807) is 7.05 Å². The number of nitrogens with two attached hydrogens (primary N) is 2. The molecule has 6 heteroatoms. The zero-order chi connectivity index (χ0) is 52.7. The van der Waals surface area contributed by atoms with Crippen LogP contribution in [0.1, 0.15) is 233 Å². The van der Waals surface area contributed by atoms with Gasteiger partial charge in [0.1, 0.15) is 0 Å². The number of amides is 3. The topological polar surface area (TPSA) is 115 Å². The van der Waals surface area contributed by atoms with Gasteiger partial charge >= 0.3 is 0 Å². The zero-order valence-corrected chi connectivity index (χ0v) is 48.8. The lowest BCUT2D eigenvalue weighted by atomic mass is 9.72. The maximum atomic E-state index is 11.0. The van der Waals surface area contributed by atoms with Gasteiger partial charge in [-0.05, 0) is 157 Å². The molecule has 0 aromatic rings. The van der Waals surface area contributed by atoms with Crippen molar-refractivity contribution in [2.24, 2.45) is 116 Å². The lowest BCUT2D eigenvalue weighted by Crippen LogP contribution is -2.31. The zero-order valence-electron chi connectivity index (χ0n) is 48.8. The van der Waals surface area contributed by atoms with Gasteiger partial charge in [0.2, 0.25) is 18.2 Å². The summed E-state index contributed by atoms with van der Waals surface area (Å²) >= 11 is 0. The van der Waals surface area contributed by atoms with E-state index in [2.05, 4.69) is 132 Å². The molecule has 9 aliphatic carbocycles. The van der Waals surface area contributed by atoms with Gasteiger partial charge in [0, 0.05) is 18.9 Å². The second-order valence-electron chi connectivity index (χ2n) is 25.7. The molecule has 9 rings (SSSR count). The highest BCUT2D eigenvalue weighted by molar-refractivity contribution is 5.78. The Hall–Kier alpha value is -2.37. The first-order chi connectivity index (χ1) is 32.4. The summed E-state index contributed by atoms with van der Waals surface area (Å²) in [5, 5.41) is 2.25. The summed E-state index contributed by atoms with van der Waals surface area (Å²) in [5.41, 5.74) is 12.2. The van der Waals surface area contributed by atoms with E-state index in [0.717, 1.165) is 66.1 Å². The van der Waals surface area contributed by atoms with Crippen LogP contribution in [0.3, 0.4) is 0 Å². The Morgan fingerprint density at radius 2 is 0.855 bits per heavy atom. The highest BCUT2D eigenvalue weighted by Gasteiger charge is 2.45. The molecule has 0 heterocycles. The first kappa shape index (κ1) is 64.6. The third-order valence-corrected chi connectivity index (χ3v) is 18.2. The van der Waals surface area contributed by atoms with Crippen LogP contribution in [0.5, 0.6) is 0 Å². The summed E-state index contributed by atoms with van der Waals surface area (Å²) in [6.45, 7) is 38.4. The molecule has 3 amide bonds. The first-order valence-corrected chi connectivity index (χ1v) is 29.1. The van der Waals surface area contributed by atoms with Crippen molar-refractivity contribution >= 4 is 18.2 Å². The van der Waals surface area contributed by atoms with Gasteiger partial charge in [0.25, 0.3) is 0 Å². The highest BCUT2D eigenvalue weighted by Crippen LogP contribution is 2.51. The van der Waals surface area contributed by atoms with Crippen molar-refractivity contribution in [2.75, 3.05) is 7.05 Å². The predicted molar refractivity (Wildman–Crippen MR) is 300 cm³/mol. The van der Waals surface area contributed by atoms with Gasteiger partial charge < -0.3 is 16.8 Å². The largest absolute Gasteiger partial charge is 0.369 e. The van der Waals surface area contributed by atoms with E-state index in [1.165, 1.54) is 103 Å². The van der Waals surface area contributed by atoms with E-state index in [4.69, 9.17) is 16.3 Å². The molecule has 6 nitrogen and oxygen atoms in total. The fourth-order valence-corrected chi connectivity index (χ4v) is 13.3. The average molecular weight is 965 g/mol. The van der Waals surface area contributed by atoms with Crippen LogP contribution in [-0.2, 0) is 14.4 Å². The average Bonchev–Trinajstić information content (AvgIpc) is 4.21. The summed E-state index contributed by atoms with van der Waals surface area (Å²) in [4.78, 5) is 30.8. The molecule has 13 atom stereocenters. The molecule has 5 N–H and O–H groups in total. The monoisotopic (exact) mass is 964 g/mol. The van der Waals surface area contributed by atoms with Crippen molar-refractivity contribution in [1.82, 2.24) is 5.32 Å². The smallest absolute Gasteiger partial charge is 0.221 e. The second kappa shape index (κ2) is 31.9. The van der Waals surface area contributed by atoms with Crippen LogP contribution >= 0.6 is 0 Å². The van der Waals surface area contributed by atoms with Crippen LogP contribution in [0.15, 0.2) is 36.5 Å². The molecule has 0 aromatic carbocycles. The van der Waals surface area contributed by atoms with Gasteiger partial charge in [-0.25, -0.2) is 0 Å². The normalized spacial score (nSPS) is 33.3. The van der Waals surface area contributed by atoms with Gasteiger partial charge in [-0.3, -0.25) is 14.4 Å². The molecule has 8 unspecified atom stereocenters. The van der Waals surface area contributed by atoms with Crippen LogP contribution in [0.2, 0.25) is 0 Å². The molecule has 0 saturated heterocycles. The Labute approximate surface area is 429 Å². The highest BCUT2D eigenvalue weighted by atomic mass is 16.1. The molecular formula is C63H117N3O3. The van der Waals surface area contributed by atoms with Crippen molar-refractivity contribution in [2.45, 2.75) is 233 Å². The summed E-state index contributed by atoms with van der Waals surface area (Å²) in [7, 11) is 1.56. The van der Waals surface area contributed by atoms with E-state index in [0.29, 0.717) is 46.3 Å². The van der Waals surface area contributed by atoms with Crippen molar-refractivity contribution in [1.29, 1.82) is 0 Å². The fourth-order valence-electron chi connectivity index (χ4n) is 13.3. The minimum atomic E-state index is -0.116. The molecule has 402 valence electrons. The number of allylic oxidation sites excluding steroid dienone is 6. The lowest BCUT2D eigenvalue weighted by Gasteiger charge is -2.33. The maximum Gasteiger partial charge on any atom is 0.221 e. The minimum Gasteiger partial charge on any atom is -0.369 e. The first-order valence-electron chi connectivity index (χ1n) is 29.1. The van der Waals surface area contributed by atoms with Crippen molar-refractivity contribution in [3.63, 3.8) is 0 Å². The number of hydrogen-bond acceptors (Lipinski definition) is 3. The van der Waals surface area contributed by atoms with E-state index in [1.807, 2.05) is 27.7 Å². The number of fused-ring (bicyclic) bond motifs is 6. The number of nitrogens with one attached hydrogen (secondary N) is 1. The Kier molecular flexibility index (Phi) is 29.9. The molecule has 69 heavy (non-hydrogen) atoms. The Balaban J connectivity index is 0.000000402. The molecular weight excluding hydrogens is 847 g/mol. The molecule has 6 bridgehead atoms. The van der Waals surface area contributed by atoms with Gasteiger partial charge in [-0.15, -0.1) is 0 Å². The quantitative estimate of drug-likeness (QED) is 0.193. The Morgan fingerprint density at radius 1 is 0.478 bits per heavy atom. The van der Waals surface area contributed by atoms with Crippen LogP contribution < -0.4 is 16.8 Å². The van der Waals surface area contributed by atoms with Crippen molar-refractivity contribution in [3.8, 4) is 0 Å². The van der Waals surface area contributed by atoms with E-state index in [9.17, 15) is 9.59 Å². The Bertz CT molecular complexity index is 1450. The number of primary amides is 2. The fraction of sp³-hybridized carbons (Fsp3) is 0.857. The summed E-state index contributed by atoms with van der Waals surface area (Å²) in [6, 6.07) is 0. The summed E-state index contributed by atoms with van der Waals surface area (Å²) in [6.07, 6.45) is 39.6. The van der Waals surface area contributed by atoms with E-state index < -0.39 is 0 Å².